The second kappa shape index (κ2) is 2.69. The predicted molar refractivity (Wildman–Crippen MR) is 48.3 cm³/mol. The van der Waals surface area contributed by atoms with Gasteiger partial charge in [-0.2, -0.15) is 0 Å². The molecule has 0 unspecified atom stereocenters. The fourth-order valence-corrected chi connectivity index (χ4v) is 1.29. The standard InChI is InChI=1S/C10H8FNO/c1-6(13)9-4-7-2-3-8(11)5-10(7)12-9/h2-5,12H,1H3. The minimum Gasteiger partial charge on any atom is -0.352 e. The van der Waals surface area contributed by atoms with E-state index in [9.17, 15) is 9.18 Å². The maximum absolute atomic E-state index is 12.7. The van der Waals surface area contributed by atoms with Crippen LogP contribution in [0.15, 0.2) is 24.3 Å². The highest BCUT2D eigenvalue weighted by Gasteiger charge is 2.04. The van der Waals surface area contributed by atoms with Crippen LogP contribution in [-0.4, -0.2) is 10.8 Å². The van der Waals surface area contributed by atoms with Gasteiger partial charge in [0, 0.05) is 17.8 Å². The first-order chi connectivity index (χ1) is 6.16. The van der Waals surface area contributed by atoms with Crippen molar-refractivity contribution in [1.29, 1.82) is 0 Å². The van der Waals surface area contributed by atoms with Gasteiger partial charge in [-0.05, 0) is 24.3 Å². The maximum atomic E-state index is 12.7. The molecule has 0 saturated heterocycles. The number of nitrogens with one attached hydrogen (secondary N) is 1. The highest BCUT2D eigenvalue weighted by molar-refractivity contribution is 5.97. The summed E-state index contributed by atoms with van der Waals surface area (Å²) in [4.78, 5) is 13.8. The molecule has 2 aromatic rings. The molecule has 0 fully saturated rings. The predicted octanol–water partition coefficient (Wildman–Crippen LogP) is 2.51. The Morgan fingerprint density at radius 2 is 2.15 bits per heavy atom. The molecule has 0 aliphatic carbocycles. The van der Waals surface area contributed by atoms with Crippen LogP contribution in [0.25, 0.3) is 10.9 Å². The van der Waals surface area contributed by atoms with Gasteiger partial charge in [0.25, 0.3) is 0 Å². The van der Waals surface area contributed by atoms with Crippen molar-refractivity contribution in [3.05, 3.63) is 35.8 Å². The van der Waals surface area contributed by atoms with Crippen molar-refractivity contribution < 1.29 is 9.18 Å². The Morgan fingerprint density at radius 3 is 2.85 bits per heavy atom. The lowest BCUT2D eigenvalue weighted by Crippen LogP contribution is -1.89. The van der Waals surface area contributed by atoms with Gasteiger partial charge < -0.3 is 4.98 Å². The van der Waals surface area contributed by atoms with Gasteiger partial charge in [0.1, 0.15) is 5.82 Å². The van der Waals surface area contributed by atoms with Crippen LogP contribution in [0, 0.1) is 5.82 Å². The summed E-state index contributed by atoms with van der Waals surface area (Å²) in [5.74, 6) is -0.346. The number of fused-ring (bicyclic) bond motifs is 1. The Balaban J connectivity index is 2.68. The fourth-order valence-electron chi connectivity index (χ4n) is 1.29. The number of halogens is 1. The average molecular weight is 177 g/mol. The fraction of sp³-hybridized carbons (Fsp3) is 0.100. The zero-order valence-corrected chi connectivity index (χ0v) is 7.10. The van der Waals surface area contributed by atoms with Crippen molar-refractivity contribution in [3.8, 4) is 0 Å². The summed E-state index contributed by atoms with van der Waals surface area (Å²) < 4.78 is 12.7. The molecule has 0 aliphatic heterocycles. The lowest BCUT2D eigenvalue weighted by atomic mass is 10.2. The zero-order valence-electron chi connectivity index (χ0n) is 7.10. The Kier molecular flexibility index (Phi) is 1.65. The van der Waals surface area contributed by atoms with Crippen LogP contribution in [-0.2, 0) is 0 Å². The second-order valence-corrected chi connectivity index (χ2v) is 2.97. The normalized spacial score (nSPS) is 10.6. The minimum absolute atomic E-state index is 0.0448. The molecule has 0 bridgehead atoms. The number of H-pyrrole nitrogens is 1. The SMILES string of the molecule is CC(=O)c1cc2ccc(F)cc2[nH]1. The van der Waals surface area contributed by atoms with Gasteiger partial charge in [0.2, 0.25) is 0 Å². The van der Waals surface area contributed by atoms with Crippen LogP contribution < -0.4 is 0 Å². The van der Waals surface area contributed by atoms with Gasteiger partial charge in [-0.3, -0.25) is 4.79 Å². The topological polar surface area (TPSA) is 32.9 Å². The van der Waals surface area contributed by atoms with E-state index in [1.807, 2.05) is 0 Å². The van der Waals surface area contributed by atoms with E-state index in [0.717, 1.165) is 5.39 Å². The number of hydrogen-bond donors (Lipinski definition) is 1. The molecule has 0 amide bonds. The van der Waals surface area contributed by atoms with E-state index in [1.165, 1.54) is 19.1 Å². The van der Waals surface area contributed by atoms with Crippen LogP contribution in [0.3, 0.4) is 0 Å². The summed E-state index contributed by atoms with van der Waals surface area (Å²) in [6.07, 6.45) is 0. The van der Waals surface area contributed by atoms with E-state index in [1.54, 1.807) is 12.1 Å². The number of hydrogen-bond acceptors (Lipinski definition) is 1. The molecule has 1 aromatic carbocycles. The Morgan fingerprint density at radius 1 is 1.38 bits per heavy atom. The van der Waals surface area contributed by atoms with Crippen LogP contribution in [0.2, 0.25) is 0 Å². The number of carbonyl (C=O) groups excluding carboxylic acids is 1. The number of benzene rings is 1. The molecule has 1 N–H and O–H groups in total. The first-order valence-electron chi connectivity index (χ1n) is 3.96. The minimum atomic E-state index is -0.301. The molecule has 2 rings (SSSR count). The summed E-state index contributed by atoms with van der Waals surface area (Å²) in [6.45, 7) is 1.47. The van der Waals surface area contributed by atoms with E-state index in [0.29, 0.717) is 11.2 Å². The van der Waals surface area contributed by atoms with Gasteiger partial charge in [-0.25, -0.2) is 4.39 Å². The van der Waals surface area contributed by atoms with E-state index in [4.69, 9.17) is 0 Å². The lowest BCUT2D eigenvalue weighted by Gasteiger charge is -1.88. The molecular formula is C10H8FNO. The third-order valence-corrected chi connectivity index (χ3v) is 1.96. The molecule has 0 aliphatic rings. The molecule has 0 atom stereocenters. The van der Waals surface area contributed by atoms with Crippen molar-refractivity contribution in [2.45, 2.75) is 6.92 Å². The summed E-state index contributed by atoms with van der Waals surface area (Å²) in [7, 11) is 0. The van der Waals surface area contributed by atoms with Crippen molar-refractivity contribution in [3.63, 3.8) is 0 Å². The van der Waals surface area contributed by atoms with Crippen molar-refractivity contribution >= 4 is 16.7 Å². The Bertz CT molecular complexity index is 473. The van der Waals surface area contributed by atoms with Gasteiger partial charge in [0.15, 0.2) is 5.78 Å². The average Bonchev–Trinajstić information content (AvgIpc) is 2.46. The van der Waals surface area contributed by atoms with Gasteiger partial charge >= 0.3 is 0 Å². The maximum Gasteiger partial charge on any atom is 0.175 e. The van der Waals surface area contributed by atoms with E-state index < -0.39 is 0 Å². The van der Waals surface area contributed by atoms with Crippen LogP contribution in [0.1, 0.15) is 17.4 Å². The molecule has 66 valence electrons. The van der Waals surface area contributed by atoms with Crippen molar-refractivity contribution in [1.82, 2.24) is 4.98 Å². The van der Waals surface area contributed by atoms with E-state index in [2.05, 4.69) is 4.98 Å². The monoisotopic (exact) mass is 177 g/mol. The van der Waals surface area contributed by atoms with Crippen LogP contribution in [0.5, 0.6) is 0 Å². The van der Waals surface area contributed by atoms with Gasteiger partial charge in [-0.15, -0.1) is 0 Å². The number of aromatic nitrogens is 1. The van der Waals surface area contributed by atoms with Gasteiger partial charge in [-0.1, -0.05) is 0 Å². The molecule has 0 radical (unpaired) electrons. The molecular weight excluding hydrogens is 169 g/mol. The lowest BCUT2D eigenvalue weighted by molar-refractivity contribution is 0.101. The third-order valence-electron chi connectivity index (χ3n) is 1.96. The Hall–Kier alpha value is -1.64. The molecule has 0 spiro atoms. The number of aromatic amines is 1. The highest BCUT2D eigenvalue weighted by atomic mass is 19.1. The second-order valence-electron chi connectivity index (χ2n) is 2.97. The smallest absolute Gasteiger partial charge is 0.175 e. The van der Waals surface area contributed by atoms with Crippen LogP contribution >= 0.6 is 0 Å². The summed E-state index contributed by atoms with van der Waals surface area (Å²) in [6, 6.07) is 6.12. The van der Waals surface area contributed by atoms with E-state index in [-0.39, 0.29) is 11.6 Å². The Labute approximate surface area is 74.4 Å². The molecule has 0 saturated carbocycles. The third kappa shape index (κ3) is 1.33. The number of carbonyl (C=O) groups is 1. The van der Waals surface area contributed by atoms with Crippen molar-refractivity contribution in [2.24, 2.45) is 0 Å². The van der Waals surface area contributed by atoms with Crippen molar-refractivity contribution in [2.75, 3.05) is 0 Å². The first-order valence-corrected chi connectivity index (χ1v) is 3.96. The van der Waals surface area contributed by atoms with Crippen LogP contribution in [0.4, 0.5) is 4.39 Å². The van der Waals surface area contributed by atoms with E-state index >= 15 is 0 Å². The molecule has 1 heterocycles. The highest BCUT2D eigenvalue weighted by Crippen LogP contribution is 2.16. The molecule has 1 aromatic heterocycles. The zero-order chi connectivity index (χ0) is 9.42. The molecule has 13 heavy (non-hydrogen) atoms. The summed E-state index contributed by atoms with van der Waals surface area (Å²) >= 11 is 0. The largest absolute Gasteiger partial charge is 0.352 e. The number of Topliss-reactive ketones (excluding diaryl/α,β-unsaturated/α-hetero) is 1. The quantitative estimate of drug-likeness (QED) is 0.667. The molecule has 2 nitrogen and oxygen atoms in total. The molecule has 3 heteroatoms. The summed E-state index contributed by atoms with van der Waals surface area (Å²) in [5, 5.41) is 0.853. The first kappa shape index (κ1) is 7.98. The number of rotatable bonds is 1. The van der Waals surface area contributed by atoms with Gasteiger partial charge in [0.05, 0.1) is 5.69 Å². The number of ketones is 1. The summed E-state index contributed by atoms with van der Waals surface area (Å²) in [5.41, 5.74) is 1.17.